The number of carbonyl (C=O) groups excluding carboxylic acids is 1. The number of hydrogen-bond acceptors (Lipinski definition) is 4. The van der Waals surface area contributed by atoms with Gasteiger partial charge in [-0.3, -0.25) is 4.79 Å². The number of hydrogen-bond donors (Lipinski definition) is 1. The van der Waals surface area contributed by atoms with Crippen molar-refractivity contribution in [1.82, 2.24) is 4.98 Å². The van der Waals surface area contributed by atoms with Crippen LogP contribution in [0.4, 0.5) is 0 Å². The Morgan fingerprint density at radius 3 is 2.94 bits per heavy atom. The molecule has 0 aliphatic carbocycles. The fourth-order valence-electron chi connectivity index (χ4n) is 1.18. The normalized spacial score (nSPS) is 12.2. The monoisotopic (exact) mass is 262 g/mol. The quantitative estimate of drug-likeness (QED) is 0.664. The number of halogens is 2. The van der Waals surface area contributed by atoms with E-state index in [1.54, 1.807) is 13.0 Å². The summed E-state index contributed by atoms with van der Waals surface area (Å²) in [5.74, 6) is -0.460. The van der Waals surface area contributed by atoms with Crippen LogP contribution in [0.25, 0.3) is 0 Å². The molecule has 1 aromatic heterocycles. The number of ether oxygens (including phenoxy) is 1. The third-order valence-electron chi connectivity index (χ3n) is 1.91. The van der Waals surface area contributed by atoms with Crippen molar-refractivity contribution < 1.29 is 9.53 Å². The van der Waals surface area contributed by atoms with Crippen molar-refractivity contribution in [2.45, 2.75) is 19.4 Å². The van der Waals surface area contributed by atoms with E-state index in [0.29, 0.717) is 22.3 Å². The van der Waals surface area contributed by atoms with E-state index in [1.165, 1.54) is 6.20 Å². The highest BCUT2D eigenvalue weighted by Crippen LogP contribution is 2.18. The molecule has 0 aromatic carbocycles. The highest BCUT2D eigenvalue weighted by atomic mass is 35.5. The van der Waals surface area contributed by atoms with E-state index in [2.05, 4.69) is 4.98 Å². The minimum absolute atomic E-state index is 0.255. The smallest absolute Gasteiger partial charge is 0.323 e. The molecular formula is C10H12Cl2N2O2. The fraction of sp³-hybridized carbons (Fsp3) is 0.400. The number of pyridine rings is 1. The van der Waals surface area contributed by atoms with Crippen molar-refractivity contribution in [3.63, 3.8) is 0 Å². The summed E-state index contributed by atoms with van der Waals surface area (Å²) in [4.78, 5) is 15.2. The molecule has 0 aliphatic heterocycles. The molecule has 0 saturated heterocycles. The first-order valence-electron chi connectivity index (χ1n) is 4.76. The van der Waals surface area contributed by atoms with E-state index in [-0.39, 0.29) is 6.42 Å². The van der Waals surface area contributed by atoms with Gasteiger partial charge < -0.3 is 10.5 Å². The molecule has 1 atom stereocenters. The van der Waals surface area contributed by atoms with Crippen LogP contribution in [0.5, 0.6) is 0 Å². The van der Waals surface area contributed by atoms with Crippen molar-refractivity contribution in [1.29, 1.82) is 0 Å². The van der Waals surface area contributed by atoms with Gasteiger partial charge in [-0.2, -0.15) is 0 Å². The molecule has 16 heavy (non-hydrogen) atoms. The van der Waals surface area contributed by atoms with Crippen molar-refractivity contribution >= 4 is 29.2 Å². The van der Waals surface area contributed by atoms with Gasteiger partial charge in [0.1, 0.15) is 11.2 Å². The lowest BCUT2D eigenvalue weighted by Crippen LogP contribution is -2.34. The van der Waals surface area contributed by atoms with Crippen LogP contribution in [0.3, 0.4) is 0 Å². The number of rotatable bonds is 4. The summed E-state index contributed by atoms with van der Waals surface area (Å²) in [5.41, 5.74) is 6.28. The topological polar surface area (TPSA) is 65.2 Å². The Hall–Kier alpha value is -0.840. The third-order valence-corrected chi connectivity index (χ3v) is 2.45. The van der Waals surface area contributed by atoms with E-state index >= 15 is 0 Å². The summed E-state index contributed by atoms with van der Waals surface area (Å²) in [7, 11) is 0. The SMILES string of the molecule is CCOC(=O)C(N)Cc1cc(Cl)cnc1Cl. The average molecular weight is 263 g/mol. The van der Waals surface area contributed by atoms with Gasteiger partial charge in [-0.15, -0.1) is 0 Å². The van der Waals surface area contributed by atoms with Crippen LogP contribution in [0.15, 0.2) is 12.3 Å². The van der Waals surface area contributed by atoms with Crippen molar-refractivity contribution in [3.8, 4) is 0 Å². The Kier molecular flexibility index (Phi) is 4.99. The maximum atomic E-state index is 11.3. The molecule has 0 bridgehead atoms. The molecule has 1 heterocycles. The first kappa shape index (κ1) is 13.2. The number of aromatic nitrogens is 1. The molecule has 0 amide bonds. The predicted molar refractivity (Wildman–Crippen MR) is 62.6 cm³/mol. The summed E-state index contributed by atoms with van der Waals surface area (Å²) in [5, 5.41) is 0.750. The molecule has 1 unspecified atom stereocenters. The highest BCUT2D eigenvalue weighted by molar-refractivity contribution is 6.32. The minimum Gasteiger partial charge on any atom is -0.465 e. The van der Waals surface area contributed by atoms with Crippen LogP contribution < -0.4 is 5.73 Å². The van der Waals surface area contributed by atoms with Crippen molar-refractivity contribution in [2.75, 3.05) is 6.61 Å². The van der Waals surface area contributed by atoms with Gasteiger partial charge in [0, 0.05) is 12.6 Å². The molecule has 2 N–H and O–H groups in total. The number of nitrogens with zero attached hydrogens (tertiary/aromatic N) is 1. The standard InChI is InChI=1S/C10H12Cl2N2O2/c1-2-16-10(15)8(13)4-6-3-7(11)5-14-9(6)12/h3,5,8H,2,4,13H2,1H3. The number of esters is 1. The summed E-state index contributed by atoms with van der Waals surface area (Å²) < 4.78 is 4.79. The molecule has 0 saturated carbocycles. The molecule has 4 nitrogen and oxygen atoms in total. The third kappa shape index (κ3) is 3.63. The first-order chi connectivity index (χ1) is 7.54. The summed E-state index contributed by atoms with van der Waals surface area (Å²) in [6.45, 7) is 2.02. The second kappa shape index (κ2) is 6.03. The molecule has 1 rings (SSSR count). The van der Waals surface area contributed by atoms with Gasteiger partial charge in [0.05, 0.1) is 11.6 Å². The Balaban J connectivity index is 2.72. The Labute approximate surface area is 104 Å². The van der Waals surface area contributed by atoms with Gasteiger partial charge in [0.15, 0.2) is 0 Å². The van der Waals surface area contributed by atoms with Gasteiger partial charge >= 0.3 is 5.97 Å². The zero-order chi connectivity index (χ0) is 12.1. The fourth-order valence-corrected chi connectivity index (χ4v) is 1.54. The Morgan fingerprint density at radius 1 is 1.62 bits per heavy atom. The van der Waals surface area contributed by atoms with Gasteiger partial charge in [-0.05, 0) is 18.6 Å². The van der Waals surface area contributed by atoms with E-state index in [4.69, 9.17) is 33.7 Å². The van der Waals surface area contributed by atoms with E-state index in [0.717, 1.165) is 0 Å². The zero-order valence-corrected chi connectivity index (χ0v) is 10.3. The average Bonchev–Trinajstić information content (AvgIpc) is 2.23. The molecule has 6 heteroatoms. The largest absolute Gasteiger partial charge is 0.465 e. The summed E-state index contributed by atoms with van der Waals surface area (Å²) in [6, 6.07) is 0.883. The molecule has 0 fully saturated rings. The van der Waals surface area contributed by atoms with Gasteiger partial charge in [-0.25, -0.2) is 4.98 Å². The Bertz CT molecular complexity index is 385. The van der Waals surface area contributed by atoms with Crippen LogP contribution in [-0.2, 0) is 16.0 Å². The zero-order valence-electron chi connectivity index (χ0n) is 8.74. The lowest BCUT2D eigenvalue weighted by molar-refractivity contribution is -0.144. The van der Waals surface area contributed by atoms with Gasteiger partial charge in [-0.1, -0.05) is 23.2 Å². The van der Waals surface area contributed by atoms with Gasteiger partial charge in [0.2, 0.25) is 0 Å². The van der Waals surface area contributed by atoms with Gasteiger partial charge in [0.25, 0.3) is 0 Å². The number of carbonyl (C=O) groups is 1. The molecule has 0 aliphatic rings. The molecule has 1 aromatic rings. The summed E-state index contributed by atoms with van der Waals surface area (Å²) >= 11 is 11.6. The first-order valence-corrected chi connectivity index (χ1v) is 5.52. The molecule has 0 spiro atoms. The van der Waals surface area contributed by atoms with E-state index in [9.17, 15) is 4.79 Å². The lowest BCUT2D eigenvalue weighted by Gasteiger charge is -2.11. The van der Waals surface area contributed by atoms with Crippen molar-refractivity contribution in [2.24, 2.45) is 5.73 Å². The maximum Gasteiger partial charge on any atom is 0.323 e. The number of nitrogens with two attached hydrogens (primary N) is 1. The Morgan fingerprint density at radius 2 is 2.31 bits per heavy atom. The van der Waals surface area contributed by atoms with E-state index < -0.39 is 12.0 Å². The second-order valence-electron chi connectivity index (χ2n) is 3.17. The summed E-state index contributed by atoms with van der Waals surface area (Å²) in [6.07, 6.45) is 1.69. The van der Waals surface area contributed by atoms with Crippen LogP contribution in [0.2, 0.25) is 10.2 Å². The van der Waals surface area contributed by atoms with Crippen LogP contribution in [0, 0.1) is 0 Å². The predicted octanol–water partition coefficient (Wildman–Crippen LogP) is 1.82. The second-order valence-corrected chi connectivity index (χ2v) is 3.96. The molecule has 88 valence electrons. The minimum atomic E-state index is -0.752. The molecular weight excluding hydrogens is 251 g/mol. The van der Waals surface area contributed by atoms with Crippen LogP contribution in [0.1, 0.15) is 12.5 Å². The van der Waals surface area contributed by atoms with Crippen molar-refractivity contribution in [3.05, 3.63) is 28.0 Å². The highest BCUT2D eigenvalue weighted by Gasteiger charge is 2.17. The molecule has 0 radical (unpaired) electrons. The van der Waals surface area contributed by atoms with Crippen LogP contribution in [-0.4, -0.2) is 23.6 Å². The van der Waals surface area contributed by atoms with Crippen LogP contribution >= 0.6 is 23.2 Å². The maximum absolute atomic E-state index is 11.3. The lowest BCUT2D eigenvalue weighted by atomic mass is 10.1. The van der Waals surface area contributed by atoms with E-state index in [1.807, 2.05) is 0 Å².